The molecule has 2 aliphatic rings. The van der Waals surface area contributed by atoms with Gasteiger partial charge >= 0.3 is 5.97 Å². The smallest absolute Gasteiger partial charge is 0.323 e. The van der Waals surface area contributed by atoms with E-state index in [9.17, 15) is 18.9 Å². The Morgan fingerprint density at radius 3 is 2.45 bits per heavy atom. The third-order valence-electron chi connectivity index (χ3n) is 5.97. The van der Waals surface area contributed by atoms with Gasteiger partial charge in [0.15, 0.2) is 5.78 Å². The van der Waals surface area contributed by atoms with Crippen LogP contribution in [0.4, 0.5) is 0 Å². The summed E-state index contributed by atoms with van der Waals surface area (Å²) >= 11 is 0. The van der Waals surface area contributed by atoms with E-state index < -0.39 is 17.0 Å². The van der Waals surface area contributed by atoms with Gasteiger partial charge in [0, 0.05) is 42.9 Å². The largest absolute Gasteiger partial charge is 0.480 e. The number of carboxylic acids is 1. The number of Topliss-reactive ketones (excluding diaryl/α,β-unsaturated/α-hetero) is 1. The number of aromatic nitrogens is 1. The van der Waals surface area contributed by atoms with Crippen LogP contribution in [0.25, 0.3) is 0 Å². The number of nitrogens with zero attached hydrogens (tertiary/aromatic N) is 2. The number of hydrogen-bond donors (Lipinski definition) is 1. The lowest BCUT2D eigenvalue weighted by Crippen LogP contribution is -2.23. The van der Waals surface area contributed by atoms with Gasteiger partial charge in [0.25, 0.3) is 0 Å². The van der Waals surface area contributed by atoms with Crippen molar-refractivity contribution in [1.29, 1.82) is 0 Å². The number of hydrogen-bond acceptors (Lipinski definition) is 3. The normalized spacial score (nSPS) is 17.1. The van der Waals surface area contributed by atoms with Crippen LogP contribution in [-0.4, -0.2) is 43.0 Å². The Labute approximate surface area is 186 Å². The first-order valence-corrected chi connectivity index (χ1v) is 12.3. The number of ketones is 1. The zero-order chi connectivity index (χ0) is 22.5. The maximum absolute atomic E-state index is 13.1. The summed E-state index contributed by atoms with van der Waals surface area (Å²) in [6.45, 7) is 7.43. The lowest BCUT2D eigenvalue weighted by atomic mass is 9.90. The summed E-state index contributed by atoms with van der Waals surface area (Å²) in [5, 5.41) is 9.34. The van der Waals surface area contributed by atoms with E-state index >= 15 is 0 Å². The number of benzene rings is 1. The monoisotopic (exact) mass is 444 g/mol. The molecule has 0 saturated carbocycles. The minimum atomic E-state index is -1.22. The fraction of sp³-hybridized carbons (Fsp3) is 0.500. The zero-order valence-electron chi connectivity index (χ0n) is 18.6. The number of carbonyl (C=O) groups is 2. The highest BCUT2D eigenvalue weighted by Gasteiger charge is 2.30. The lowest BCUT2D eigenvalue weighted by molar-refractivity contribution is -0.137. The molecule has 0 bridgehead atoms. The van der Waals surface area contributed by atoms with Crippen LogP contribution in [-0.2, 0) is 35.2 Å². The van der Waals surface area contributed by atoms with Crippen molar-refractivity contribution in [2.24, 2.45) is 0 Å². The van der Waals surface area contributed by atoms with Crippen molar-refractivity contribution < 1.29 is 18.9 Å². The van der Waals surface area contributed by atoms with Crippen molar-refractivity contribution in [2.45, 2.75) is 70.7 Å². The molecule has 1 aliphatic heterocycles. The summed E-state index contributed by atoms with van der Waals surface area (Å²) < 4.78 is 16.9. The van der Waals surface area contributed by atoms with Gasteiger partial charge in [0.1, 0.15) is 17.5 Å². The van der Waals surface area contributed by atoms with Crippen LogP contribution < -0.4 is 0 Å². The quantitative estimate of drug-likeness (QED) is 0.726. The van der Waals surface area contributed by atoms with Crippen molar-refractivity contribution in [3.8, 4) is 0 Å². The molecule has 1 aromatic heterocycles. The highest BCUT2D eigenvalue weighted by atomic mass is 32.2. The Hall–Kier alpha value is -2.25. The van der Waals surface area contributed by atoms with Gasteiger partial charge < -0.3 is 9.67 Å². The van der Waals surface area contributed by atoms with Crippen molar-refractivity contribution in [1.82, 2.24) is 8.87 Å². The molecular weight excluding hydrogens is 412 g/mol. The van der Waals surface area contributed by atoms with E-state index in [4.69, 9.17) is 0 Å². The standard InChI is InChI=1S/C22H26N2O4S.C2H6/c1-15-17(22-18(8-6-9-19(22)25)24(15)14-21(26)27)13-16-7-2-3-10-20(16)29(28)23-11-4-5-12-23;1-2/h2-3,7,10H,4-6,8-9,11-14H2,1H3,(H,26,27);1-2H3. The van der Waals surface area contributed by atoms with E-state index in [-0.39, 0.29) is 12.3 Å². The third kappa shape index (κ3) is 4.83. The fourth-order valence-corrected chi connectivity index (χ4v) is 5.98. The zero-order valence-corrected chi connectivity index (χ0v) is 19.5. The van der Waals surface area contributed by atoms with Crippen LogP contribution in [0.5, 0.6) is 0 Å². The topological polar surface area (TPSA) is 79.6 Å². The molecule has 1 aromatic carbocycles. The summed E-state index contributed by atoms with van der Waals surface area (Å²) in [7, 11) is -1.22. The van der Waals surface area contributed by atoms with Gasteiger partial charge in [-0.05, 0) is 49.8 Å². The second-order valence-electron chi connectivity index (χ2n) is 7.81. The molecule has 1 aliphatic carbocycles. The summed E-state index contributed by atoms with van der Waals surface area (Å²) in [6.07, 6.45) is 4.58. The van der Waals surface area contributed by atoms with Gasteiger partial charge in [-0.25, -0.2) is 8.51 Å². The molecule has 2 heterocycles. The Kier molecular flexibility index (Phi) is 7.84. The highest BCUT2D eigenvalue weighted by Crippen LogP contribution is 2.33. The molecule has 31 heavy (non-hydrogen) atoms. The molecule has 1 saturated heterocycles. The molecule has 1 fully saturated rings. The molecular formula is C24H32N2O4S. The number of carboxylic acid groups (broad SMARTS) is 1. The Bertz CT molecular complexity index is 990. The van der Waals surface area contributed by atoms with Crippen LogP contribution in [0.1, 0.15) is 72.4 Å². The van der Waals surface area contributed by atoms with Crippen LogP contribution in [0.2, 0.25) is 0 Å². The number of rotatable bonds is 6. The maximum atomic E-state index is 13.1. The summed E-state index contributed by atoms with van der Waals surface area (Å²) in [6, 6.07) is 7.70. The molecule has 4 rings (SSSR count). The first kappa shape index (κ1) is 23.4. The minimum absolute atomic E-state index is 0.0895. The van der Waals surface area contributed by atoms with Gasteiger partial charge in [-0.1, -0.05) is 32.0 Å². The van der Waals surface area contributed by atoms with Gasteiger partial charge in [-0.2, -0.15) is 0 Å². The van der Waals surface area contributed by atoms with Gasteiger partial charge in [-0.15, -0.1) is 0 Å². The van der Waals surface area contributed by atoms with Crippen molar-refractivity contribution in [3.05, 3.63) is 52.3 Å². The minimum Gasteiger partial charge on any atom is -0.480 e. The molecule has 7 heteroatoms. The molecule has 0 amide bonds. The molecule has 2 aromatic rings. The first-order valence-electron chi connectivity index (χ1n) is 11.2. The van der Waals surface area contributed by atoms with E-state index in [1.807, 2.05) is 49.3 Å². The Morgan fingerprint density at radius 1 is 1.10 bits per heavy atom. The van der Waals surface area contributed by atoms with Crippen molar-refractivity contribution in [3.63, 3.8) is 0 Å². The second-order valence-corrected chi connectivity index (χ2v) is 9.27. The molecule has 1 atom stereocenters. The maximum Gasteiger partial charge on any atom is 0.323 e. The molecule has 168 valence electrons. The summed E-state index contributed by atoms with van der Waals surface area (Å²) in [5.74, 6) is -0.822. The van der Waals surface area contributed by atoms with E-state index in [0.717, 1.165) is 66.2 Å². The first-order chi connectivity index (χ1) is 15.0. The number of fused-ring (bicyclic) bond motifs is 1. The van der Waals surface area contributed by atoms with Crippen molar-refractivity contribution >= 4 is 22.7 Å². The van der Waals surface area contributed by atoms with Gasteiger partial charge in [0.05, 0.1) is 4.90 Å². The molecule has 1 unspecified atom stereocenters. The van der Waals surface area contributed by atoms with Crippen LogP contribution in [0.15, 0.2) is 29.2 Å². The molecule has 0 spiro atoms. The predicted octanol–water partition coefficient (Wildman–Crippen LogP) is 4.14. The van der Waals surface area contributed by atoms with Gasteiger partial charge in [-0.3, -0.25) is 9.59 Å². The summed E-state index contributed by atoms with van der Waals surface area (Å²) in [4.78, 5) is 24.9. The number of aliphatic carboxylic acids is 1. The second kappa shape index (κ2) is 10.4. The van der Waals surface area contributed by atoms with E-state index in [1.54, 1.807) is 4.57 Å². The van der Waals surface area contributed by atoms with Crippen LogP contribution >= 0.6 is 0 Å². The predicted molar refractivity (Wildman–Crippen MR) is 122 cm³/mol. The van der Waals surface area contributed by atoms with Crippen molar-refractivity contribution in [2.75, 3.05) is 13.1 Å². The number of carbonyl (C=O) groups excluding carboxylic acids is 1. The van der Waals surface area contributed by atoms with E-state index in [0.29, 0.717) is 18.4 Å². The molecule has 1 N–H and O–H groups in total. The molecule has 0 radical (unpaired) electrons. The SMILES string of the molecule is CC.Cc1c(Cc2ccccc2S(=O)N2CCCC2)c2c(n1CC(=O)O)CCCC2=O. The van der Waals surface area contributed by atoms with Crippen LogP contribution in [0, 0.1) is 6.92 Å². The van der Waals surface area contributed by atoms with E-state index in [2.05, 4.69) is 0 Å². The van der Waals surface area contributed by atoms with Crippen LogP contribution in [0.3, 0.4) is 0 Å². The highest BCUT2D eigenvalue weighted by molar-refractivity contribution is 7.82. The van der Waals surface area contributed by atoms with E-state index in [1.165, 1.54) is 0 Å². The Balaban J connectivity index is 0.00000132. The average molecular weight is 445 g/mol. The summed E-state index contributed by atoms with van der Waals surface area (Å²) in [5.41, 5.74) is 4.19. The fourth-order valence-electron chi connectivity index (χ4n) is 4.56. The third-order valence-corrected chi connectivity index (χ3v) is 7.58. The lowest BCUT2D eigenvalue weighted by Gasteiger charge is -2.17. The average Bonchev–Trinajstić information content (AvgIpc) is 3.39. The molecule has 6 nitrogen and oxygen atoms in total. The Morgan fingerprint density at radius 2 is 1.77 bits per heavy atom. The van der Waals surface area contributed by atoms with Gasteiger partial charge in [0.2, 0.25) is 0 Å².